The van der Waals surface area contributed by atoms with Crippen molar-refractivity contribution in [3.8, 4) is 0 Å². The third-order valence-corrected chi connectivity index (χ3v) is 15.7. The molecular formula is C35H43FN12O11P2S2. The van der Waals surface area contributed by atoms with Crippen molar-refractivity contribution in [2.45, 2.75) is 88.1 Å². The summed E-state index contributed by atoms with van der Waals surface area (Å²) in [4.78, 5) is 72.1. The molecule has 28 heteroatoms. The number of H-pyrrole nitrogens is 1. The summed E-state index contributed by atoms with van der Waals surface area (Å²) >= 11 is 6.16. The van der Waals surface area contributed by atoms with E-state index in [9.17, 15) is 23.8 Å². The molecule has 0 radical (unpaired) electrons. The van der Waals surface area contributed by atoms with E-state index in [0.717, 1.165) is 11.4 Å². The molecule has 2 amide bonds. The lowest BCUT2D eigenvalue weighted by Crippen LogP contribution is -2.50. The van der Waals surface area contributed by atoms with E-state index in [2.05, 4.69) is 40.5 Å². The lowest BCUT2D eigenvalue weighted by Gasteiger charge is -2.30. The topological polar surface area (TPSA) is 310 Å². The zero-order valence-electron chi connectivity index (χ0n) is 33.6. The molecule has 1 aromatic carbocycles. The summed E-state index contributed by atoms with van der Waals surface area (Å²) in [6, 6.07) is 5.00. The molecule has 3 saturated heterocycles. The molecule has 7 heterocycles. The van der Waals surface area contributed by atoms with Crippen LogP contribution in [-0.2, 0) is 59.3 Å². The van der Waals surface area contributed by atoms with Gasteiger partial charge in [0.1, 0.15) is 48.5 Å². The molecule has 0 aliphatic carbocycles. The van der Waals surface area contributed by atoms with Crippen LogP contribution in [0.4, 0.5) is 15.9 Å². The highest BCUT2D eigenvalue weighted by Crippen LogP contribution is 2.64. The van der Waals surface area contributed by atoms with E-state index in [4.69, 9.17) is 50.8 Å². The monoisotopic (exact) mass is 952 g/mol. The average Bonchev–Trinajstić information content (AvgIpc) is 4.04. The predicted octanol–water partition coefficient (Wildman–Crippen LogP) is 2.57. The second-order valence-electron chi connectivity index (χ2n) is 15.2. The number of halogens is 1. The predicted molar refractivity (Wildman–Crippen MR) is 228 cm³/mol. The van der Waals surface area contributed by atoms with Crippen LogP contribution in [0, 0.1) is 5.92 Å². The van der Waals surface area contributed by atoms with E-state index in [-0.39, 0.29) is 46.2 Å². The minimum absolute atomic E-state index is 0.0174. The molecule has 3 aliphatic rings. The summed E-state index contributed by atoms with van der Waals surface area (Å²) in [6.45, 7) is -4.43. The van der Waals surface area contributed by atoms with E-state index in [1.807, 2.05) is 0 Å². The number of ether oxygens (including phenoxy) is 2. The van der Waals surface area contributed by atoms with Gasteiger partial charge in [-0.2, -0.15) is 0 Å². The van der Waals surface area contributed by atoms with Gasteiger partial charge in [0.25, 0.3) is 5.56 Å². The Hall–Kier alpha value is -4.30. The molecule has 338 valence electrons. The standard InChI is InChI=1S/C35H43FN12O11P2S2/c1-16(2)25(37)33(50)45-17(3)32(49)46-19-6-4-18(5-7-19)11-63-61(53)55-10-22-28(24(36)35(57-22)48-15-43-26-29(38)39-12-40-30(26)48)59-60(52,62)54-9-21-20(58-61)8-23(56-21)47-14-44-27-31(47)41-13-42-34(27)51/h4-7,12-17,20-25,28,35H,8-11,37H2,1-3H3,(H,45,50)(H,46,49)(H,52,62)(H2,38,39,40)(H,41,42,51)/t17-,20-,21+,22+,23+,24+,25-,28+,35+,60?,61?/m0/s1. The SMILES string of the molecule is CC(C)[C@H](N)C(=O)N[C@@H](C)C(=O)Nc1ccc(CSP2(=O)OC[C@H]3O[C@@H](n4cnc5c(N)ncnc54)[C@H](F)[C@@H]3OP(O)(=S)OC[C@H]3O[C@@H](n4cnc5c(=O)[nH]cnc54)C[C@@H]3O2)cc1. The van der Waals surface area contributed by atoms with E-state index < -0.39 is 99.2 Å². The number of nitrogens with zero attached hydrogens (tertiary/aromatic N) is 7. The lowest BCUT2D eigenvalue weighted by molar-refractivity contribution is -0.127. The Morgan fingerprint density at radius 3 is 2.46 bits per heavy atom. The van der Waals surface area contributed by atoms with Gasteiger partial charge in [0.05, 0.1) is 38.2 Å². The number of amides is 2. The summed E-state index contributed by atoms with van der Waals surface area (Å²) in [5, 5.41) is 5.36. The Bertz CT molecular complexity index is 2660. The van der Waals surface area contributed by atoms with Gasteiger partial charge in [0.15, 0.2) is 35.0 Å². The number of imidazole rings is 2. The van der Waals surface area contributed by atoms with Crippen molar-refractivity contribution in [1.29, 1.82) is 0 Å². The van der Waals surface area contributed by atoms with Crippen molar-refractivity contribution in [2.24, 2.45) is 11.7 Å². The van der Waals surface area contributed by atoms with E-state index in [1.165, 1.54) is 41.4 Å². The van der Waals surface area contributed by atoms with Gasteiger partial charge in [-0.1, -0.05) is 26.0 Å². The molecule has 8 N–H and O–H groups in total. The first-order valence-electron chi connectivity index (χ1n) is 19.5. The Labute approximate surface area is 366 Å². The van der Waals surface area contributed by atoms with Crippen molar-refractivity contribution in [2.75, 3.05) is 24.3 Å². The molecule has 3 aliphatic heterocycles. The fourth-order valence-electron chi connectivity index (χ4n) is 6.99. The first kappa shape index (κ1) is 45.3. The maximum atomic E-state index is 16.6. The van der Waals surface area contributed by atoms with Crippen molar-refractivity contribution >= 4 is 82.4 Å². The smallest absolute Gasteiger partial charge is 0.382 e. The van der Waals surface area contributed by atoms with Crippen LogP contribution >= 0.6 is 24.9 Å². The molecule has 63 heavy (non-hydrogen) atoms. The first-order valence-corrected chi connectivity index (χ1v) is 25.2. The Morgan fingerprint density at radius 2 is 1.70 bits per heavy atom. The van der Waals surface area contributed by atoms with Crippen molar-refractivity contribution in [1.82, 2.24) is 44.4 Å². The van der Waals surface area contributed by atoms with Gasteiger partial charge in [-0.05, 0) is 53.7 Å². The fourth-order valence-corrected chi connectivity index (χ4v) is 11.8. The number of benzene rings is 1. The van der Waals surface area contributed by atoms with Gasteiger partial charge in [0, 0.05) is 17.9 Å². The highest BCUT2D eigenvalue weighted by Gasteiger charge is 2.52. The number of hydrogen-bond donors (Lipinski definition) is 6. The first-order chi connectivity index (χ1) is 30.0. The number of anilines is 2. The number of aromatic amines is 1. The summed E-state index contributed by atoms with van der Waals surface area (Å²) in [5.41, 5.74) is 13.1. The van der Waals surface area contributed by atoms with Crippen LogP contribution in [0.25, 0.3) is 22.3 Å². The molecule has 0 bridgehead atoms. The van der Waals surface area contributed by atoms with Gasteiger partial charge in [-0.3, -0.25) is 37.1 Å². The summed E-state index contributed by atoms with van der Waals surface area (Å²) in [6.07, 6.45) is -4.36. The number of nitrogens with one attached hydrogen (secondary N) is 3. The summed E-state index contributed by atoms with van der Waals surface area (Å²) in [7, 11) is 0. The molecule has 11 atom stereocenters. The van der Waals surface area contributed by atoms with Crippen molar-refractivity contribution in [3.63, 3.8) is 0 Å². The second-order valence-corrected chi connectivity index (χ2v) is 22.0. The van der Waals surface area contributed by atoms with E-state index >= 15 is 4.39 Å². The molecular weight excluding hydrogens is 910 g/mol. The minimum Gasteiger partial charge on any atom is -0.382 e. The molecule has 0 spiro atoms. The number of rotatable bonds is 10. The van der Waals surface area contributed by atoms with Crippen LogP contribution in [0.15, 0.2) is 54.4 Å². The number of nitrogens with two attached hydrogens (primary N) is 2. The number of alkyl halides is 1. The number of aromatic nitrogens is 8. The molecule has 3 fully saturated rings. The maximum Gasteiger partial charge on any atom is 0.389 e. The molecule has 5 aromatic rings. The highest BCUT2D eigenvalue weighted by molar-refractivity contribution is 8.54. The second kappa shape index (κ2) is 18.3. The Morgan fingerprint density at radius 1 is 0.984 bits per heavy atom. The van der Waals surface area contributed by atoms with Crippen LogP contribution in [0.2, 0.25) is 0 Å². The van der Waals surface area contributed by atoms with E-state index in [1.54, 1.807) is 38.1 Å². The molecule has 4 aromatic heterocycles. The quantitative estimate of drug-likeness (QED) is 0.110. The lowest BCUT2D eigenvalue weighted by atomic mass is 10.0. The van der Waals surface area contributed by atoms with Crippen LogP contribution in [0.1, 0.15) is 45.2 Å². The van der Waals surface area contributed by atoms with Gasteiger partial charge in [-0.25, -0.2) is 33.9 Å². The highest BCUT2D eigenvalue weighted by atomic mass is 32.7. The van der Waals surface area contributed by atoms with Crippen molar-refractivity contribution < 1.29 is 51.0 Å². The Kier molecular flexibility index (Phi) is 13.1. The van der Waals surface area contributed by atoms with Gasteiger partial charge in [0.2, 0.25) is 11.8 Å². The maximum absolute atomic E-state index is 16.6. The normalized spacial score (nSPS) is 30.0. The van der Waals surface area contributed by atoms with Crippen LogP contribution < -0.4 is 27.7 Å². The molecule has 2 unspecified atom stereocenters. The Balaban J connectivity index is 1.03. The summed E-state index contributed by atoms with van der Waals surface area (Å²) in [5.74, 6) is -0.923. The minimum atomic E-state index is -4.29. The zero-order chi connectivity index (χ0) is 44.8. The zero-order valence-corrected chi connectivity index (χ0v) is 37.0. The van der Waals surface area contributed by atoms with Crippen LogP contribution in [0.3, 0.4) is 0 Å². The molecule has 0 saturated carbocycles. The summed E-state index contributed by atoms with van der Waals surface area (Å²) < 4.78 is 70.7. The number of hydrogen-bond acceptors (Lipinski definition) is 19. The third kappa shape index (κ3) is 9.72. The van der Waals surface area contributed by atoms with Gasteiger partial charge < -0.3 is 46.0 Å². The van der Waals surface area contributed by atoms with E-state index in [0.29, 0.717) is 11.3 Å². The van der Waals surface area contributed by atoms with Crippen LogP contribution in [-0.4, -0.2) is 112 Å². The number of carbonyl (C=O) groups is 2. The number of carbonyl (C=O) groups excluding carboxylic acids is 2. The van der Waals surface area contributed by atoms with Gasteiger partial charge >= 0.3 is 13.5 Å². The number of nitrogen functional groups attached to an aromatic ring is 1. The average molecular weight is 953 g/mol. The third-order valence-electron chi connectivity index (χ3n) is 10.5. The fraction of sp³-hybridized carbons (Fsp3) is 0.486. The van der Waals surface area contributed by atoms with Gasteiger partial charge in [-0.15, -0.1) is 0 Å². The number of fused-ring (bicyclic) bond motifs is 4. The largest absolute Gasteiger partial charge is 0.389 e. The van der Waals surface area contributed by atoms with Crippen LogP contribution in [0.5, 0.6) is 0 Å². The van der Waals surface area contributed by atoms with Crippen molar-refractivity contribution in [3.05, 3.63) is 65.5 Å². The molecule has 23 nitrogen and oxygen atoms in total. The molecule has 8 rings (SSSR count).